The lowest BCUT2D eigenvalue weighted by Gasteiger charge is -2.20. The Labute approximate surface area is 131 Å². The molecule has 0 fully saturated rings. The zero-order chi connectivity index (χ0) is 16.2. The monoisotopic (exact) mass is 360 g/mol. The Bertz CT molecular complexity index is 551. The van der Waals surface area contributed by atoms with Crippen molar-refractivity contribution in [3.05, 3.63) is 28.0 Å². The molecule has 0 bridgehead atoms. The van der Waals surface area contributed by atoms with Gasteiger partial charge in [0.05, 0.1) is 4.47 Å². The molecule has 0 aliphatic heterocycles. The second kappa shape index (κ2) is 7.40. The van der Waals surface area contributed by atoms with Crippen molar-refractivity contribution in [2.24, 2.45) is 5.92 Å². The summed E-state index contributed by atoms with van der Waals surface area (Å²) in [5.41, 5.74) is 0.954. The van der Waals surface area contributed by atoms with Crippen molar-refractivity contribution in [1.29, 1.82) is 0 Å². The molecule has 21 heavy (non-hydrogen) atoms. The highest BCUT2D eigenvalue weighted by Crippen LogP contribution is 2.24. The van der Waals surface area contributed by atoms with Crippen LogP contribution in [0, 0.1) is 18.7 Å². The minimum atomic E-state index is -1.09. The van der Waals surface area contributed by atoms with Crippen molar-refractivity contribution in [2.45, 2.75) is 33.2 Å². The number of hydrogen-bond donors (Lipinski definition) is 3. The zero-order valence-corrected chi connectivity index (χ0v) is 13.6. The molecule has 116 valence electrons. The summed E-state index contributed by atoms with van der Waals surface area (Å²) in [7, 11) is 0. The molecule has 7 heteroatoms. The van der Waals surface area contributed by atoms with Gasteiger partial charge in [0.25, 0.3) is 0 Å². The van der Waals surface area contributed by atoms with Gasteiger partial charge in [-0.3, -0.25) is 0 Å². The molecular formula is C14H18BrFN2O3. The maximum Gasteiger partial charge on any atom is 0.326 e. The van der Waals surface area contributed by atoms with Gasteiger partial charge < -0.3 is 15.7 Å². The molecule has 0 aliphatic carbocycles. The van der Waals surface area contributed by atoms with Crippen LogP contribution in [-0.2, 0) is 4.79 Å². The molecule has 2 atom stereocenters. The Morgan fingerprint density at radius 2 is 2.05 bits per heavy atom. The third-order valence-corrected chi connectivity index (χ3v) is 3.89. The van der Waals surface area contributed by atoms with E-state index in [4.69, 9.17) is 5.11 Å². The van der Waals surface area contributed by atoms with Crippen LogP contribution < -0.4 is 10.6 Å². The number of hydrogen-bond acceptors (Lipinski definition) is 2. The van der Waals surface area contributed by atoms with Gasteiger partial charge in [-0.05, 0) is 46.5 Å². The van der Waals surface area contributed by atoms with E-state index in [0.717, 1.165) is 0 Å². The SMILES string of the molecule is CCC(C)C(NC(=O)Nc1cc(Br)c(F)cc1C)C(=O)O. The number of amides is 2. The summed E-state index contributed by atoms with van der Waals surface area (Å²) in [5.74, 6) is -1.72. The summed E-state index contributed by atoms with van der Waals surface area (Å²) < 4.78 is 13.5. The molecule has 1 aromatic rings. The first kappa shape index (κ1) is 17.4. The predicted octanol–water partition coefficient (Wildman–Crippen LogP) is 3.52. The molecule has 2 unspecified atom stereocenters. The molecule has 0 aromatic heterocycles. The summed E-state index contributed by atoms with van der Waals surface area (Å²) in [6.07, 6.45) is 0.623. The van der Waals surface area contributed by atoms with Crippen LogP contribution in [0.5, 0.6) is 0 Å². The maximum absolute atomic E-state index is 13.3. The standard InChI is InChI=1S/C14H18BrFN2O3/c1-4-7(2)12(13(19)20)18-14(21)17-11-6-9(15)10(16)5-8(11)3/h5-7,12H,4H2,1-3H3,(H,19,20)(H2,17,18,21). The van der Waals surface area contributed by atoms with Crippen LogP contribution >= 0.6 is 15.9 Å². The van der Waals surface area contributed by atoms with E-state index in [1.807, 2.05) is 6.92 Å². The van der Waals surface area contributed by atoms with E-state index in [2.05, 4.69) is 26.6 Å². The summed E-state index contributed by atoms with van der Waals surface area (Å²) in [5, 5.41) is 14.1. The van der Waals surface area contributed by atoms with Crippen LogP contribution in [0.3, 0.4) is 0 Å². The number of carboxylic acids is 1. The number of aliphatic carboxylic acids is 1. The number of carboxylic acid groups (broad SMARTS) is 1. The number of aryl methyl sites for hydroxylation is 1. The van der Waals surface area contributed by atoms with E-state index in [1.54, 1.807) is 13.8 Å². The zero-order valence-electron chi connectivity index (χ0n) is 12.0. The van der Waals surface area contributed by atoms with Gasteiger partial charge in [-0.2, -0.15) is 0 Å². The molecule has 2 amide bonds. The van der Waals surface area contributed by atoms with E-state index >= 15 is 0 Å². The predicted molar refractivity (Wildman–Crippen MR) is 81.9 cm³/mol. The number of carbonyl (C=O) groups is 2. The van der Waals surface area contributed by atoms with E-state index < -0.39 is 23.9 Å². The highest BCUT2D eigenvalue weighted by molar-refractivity contribution is 9.10. The quantitative estimate of drug-likeness (QED) is 0.751. The van der Waals surface area contributed by atoms with Crippen molar-refractivity contribution in [1.82, 2.24) is 5.32 Å². The van der Waals surface area contributed by atoms with Crippen molar-refractivity contribution >= 4 is 33.6 Å². The normalized spacial score (nSPS) is 13.4. The summed E-state index contributed by atoms with van der Waals surface area (Å²) >= 11 is 3.04. The van der Waals surface area contributed by atoms with Gasteiger partial charge in [0.15, 0.2) is 0 Å². The first-order chi connectivity index (χ1) is 9.76. The van der Waals surface area contributed by atoms with Crippen molar-refractivity contribution < 1.29 is 19.1 Å². The van der Waals surface area contributed by atoms with Crippen LogP contribution in [-0.4, -0.2) is 23.1 Å². The smallest absolute Gasteiger partial charge is 0.326 e. The maximum atomic E-state index is 13.3. The van der Waals surface area contributed by atoms with Gasteiger partial charge in [0, 0.05) is 5.69 Å². The third kappa shape index (κ3) is 4.70. The Hall–Kier alpha value is -1.63. The summed E-state index contributed by atoms with van der Waals surface area (Å²) in [6, 6.07) is 1.11. The van der Waals surface area contributed by atoms with Crippen LogP contribution in [0.4, 0.5) is 14.9 Å². The Balaban J connectivity index is 2.81. The van der Waals surface area contributed by atoms with Crippen molar-refractivity contribution in [3.63, 3.8) is 0 Å². The van der Waals surface area contributed by atoms with E-state index in [0.29, 0.717) is 17.7 Å². The van der Waals surface area contributed by atoms with Crippen LogP contribution in [0.2, 0.25) is 0 Å². The fourth-order valence-corrected chi connectivity index (χ4v) is 2.11. The number of benzene rings is 1. The number of halogens is 2. The van der Waals surface area contributed by atoms with Gasteiger partial charge in [0.1, 0.15) is 11.9 Å². The van der Waals surface area contributed by atoms with E-state index in [-0.39, 0.29) is 10.4 Å². The minimum Gasteiger partial charge on any atom is -0.480 e. The third-order valence-electron chi connectivity index (χ3n) is 3.28. The topological polar surface area (TPSA) is 78.4 Å². The molecule has 1 aromatic carbocycles. The average molecular weight is 361 g/mol. The number of nitrogens with one attached hydrogen (secondary N) is 2. The largest absolute Gasteiger partial charge is 0.480 e. The highest BCUT2D eigenvalue weighted by atomic mass is 79.9. The van der Waals surface area contributed by atoms with Crippen LogP contribution in [0.1, 0.15) is 25.8 Å². The lowest BCUT2D eigenvalue weighted by molar-refractivity contribution is -0.140. The number of urea groups is 1. The van der Waals surface area contributed by atoms with Gasteiger partial charge in [-0.1, -0.05) is 20.3 Å². The van der Waals surface area contributed by atoms with E-state index in [1.165, 1.54) is 12.1 Å². The van der Waals surface area contributed by atoms with Gasteiger partial charge in [-0.25, -0.2) is 14.0 Å². The Kier molecular flexibility index (Phi) is 6.14. The fraction of sp³-hybridized carbons (Fsp3) is 0.429. The first-order valence-corrected chi connectivity index (χ1v) is 7.31. The number of rotatable bonds is 5. The van der Waals surface area contributed by atoms with E-state index in [9.17, 15) is 14.0 Å². The molecule has 0 saturated heterocycles. The molecule has 0 radical (unpaired) electrons. The molecule has 0 spiro atoms. The lowest BCUT2D eigenvalue weighted by Crippen LogP contribution is -2.46. The highest BCUT2D eigenvalue weighted by Gasteiger charge is 2.25. The molecule has 0 aliphatic rings. The number of anilines is 1. The van der Waals surface area contributed by atoms with Crippen molar-refractivity contribution in [2.75, 3.05) is 5.32 Å². The number of carbonyl (C=O) groups excluding carboxylic acids is 1. The summed E-state index contributed by atoms with van der Waals surface area (Å²) in [6.45, 7) is 5.24. The average Bonchev–Trinajstić information content (AvgIpc) is 2.41. The first-order valence-electron chi connectivity index (χ1n) is 6.52. The molecular weight excluding hydrogens is 343 g/mol. The second-order valence-corrected chi connectivity index (χ2v) is 5.74. The fourth-order valence-electron chi connectivity index (χ4n) is 1.76. The Morgan fingerprint density at radius 1 is 1.43 bits per heavy atom. The summed E-state index contributed by atoms with van der Waals surface area (Å²) in [4.78, 5) is 23.1. The van der Waals surface area contributed by atoms with Gasteiger partial charge in [-0.15, -0.1) is 0 Å². The molecule has 5 nitrogen and oxygen atoms in total. The van der Waals surface area contributed by atoms with Crippen LogP contribution in [0.25, 0.3) is 0 Å². The van der Waals surface area contributed by atoms with Crippen molar-refractivity contribution in [3.8, 4) is 0 Å². The molecule has 0 saturated carbocycles. The second-order valence-electron chi connectivity index (χ2n) is 4.88. The molecule has 1 rings (SSSR count). The molecule has 3 N–H and O–H groups in total. The Morgan fingerprint density at radius 3 is 2.57 bits per heavy atom. The van der Waals surface area contributed by atoms with Crippen LogP contribution in [0.15, 0.2) is 16.6 Å². The van der Waals surface area contributed by atoms with Gasteiger partial charge >= 0.3 is 12.0 Å². The van der Waals surface area contributed by atoms with Gasteiger partial charge in [0.2, 0.25) is 0 Å². The minimum absolute atomic E-state index is 0.200. The molecule has 0 heterocycles. The lowest BCUT2D eigenvalue weighted by atomic mass is 9.99.